The molecule has 10 heteroatoms. The maximum atomic E-state index is 5.78. The van der Waals surface area contributed by atoms with Crippen LogP contribution in [-0.4, -0.2) is 66.1 Å². The molecule has 2 aromatic carbocycles. The molecule has 0 aliphatic rings. The summed E-state index contributed by atoms with van der Waals surface area (Å²) in [6.07, 6.45) is 8.51. The van der Waals surface area contributed by atoms with Crippen LogP contribution in [0.2, 0.25) is 0 Å². The standard InChI is InChI=1S/C50H54O5S5/c1-3-5-28-52-33-34-53-29-26-41-16-18-43(56-41)39-12-8-37(9-13-39)6-7-38-10-14-40(15-11-38)44-20-21-47(58-44)48-24-25-50(60-48)49-23-22-46(59-49)45-19-17-42(57-45)27-30-54-35-36-55-32-31-51-4-2/h6-25H,3-5,26-36H2,1-2H3/b7-6+. The zero-order valence-corrected chi connectivity index (χ0v) is 38.6. The SMILES string of the molecule is CCCCOCCOCCc1ccc(-c2ccc(/C=C/c3ccc(-c4ccc(-c5ccc(-c6ccc(-c7ccc(CCOCCOCCOCC)s7)s6)s5)s4)cc3)cc2)s1. The molecule has 0 atom stereocenters. The number of ether oxygens (including phenoxy) is 5. The Morgan fingerprint density at radius 1 is 0.350 bits per heavy atom. The van der Waals surface area contributed by atoms with Gasteiger partial charge in [0.05, 0.1) is 52.9 Å². The van der Waals surface area contributed by atoms with Gasteiger partial charge in [-0.1, -0.05) is 74.0 Å². The van der Waals surface area contributed by atoms with Gasteiger partial charge in [-0.15, -0.1) is 56.7 Å². The van der Waals surface area contributed by atoms with E-state index in [1.54, 1.807) is 0 Å². The van der Waals surface area contributed by atoms with E-state index in [0.29, 0.717) is 46.2 Å². The molecule has 60 heavy (non-hydrogen) atoms. The molecule has 0 aliphatic carbocycles. The first kappa shape index (κ1) is 44.5. The van der Waals surface area contributed by atoms with Gasteiger partial charge in [-0.3, -0.25) is 0 Å². The number of hydrogen-bond acceptors (Lipinski definition) is 10. The van der Waals surface area contributed by atoms with Gasteiger partial charge >= 0.3 is 0 Å². The molecule has 0 saturated carbocycles. The van der Waals surface area contributed by atoms with Crippen molar-refractivity contribution in [2.24, 2.45) is 0 Å². The van der Waals surface area contributed by atoms with E-state index in [-0.39, 0.29) is 0 Å². The molecule has 7 rings (SSSR count). The van der Waals surface area contributed by atoms with Crippen LogP contribution in [0.4, 0.5) is 0 Å². The smallest absolute Gasteiger partial charge is 0.0701 e. The molecule has 0 spiro atoms. The molecular weight excluding hydrogens is 841 g/mol. The van der Waals surface area contributed by atoms with Crippen molar-refractivity contribution in [3.05, 3.63) is 130 Å². The van der Waals surface area contributed by atoms with Crippen molar-refractivity contribution in [1.82, 2.24) is 0 Å². The Kier molecular flexibility index (Phi) is 18.0. The van der Waals surface area contributed by atoms with Gasteiger partial charge < -0.3 is 23.7 Å². The Morgan fingerprint density at radius 3 is 1.18 bits per heavy atom. The minimum atomic E-state index is 0.606. The summed E-state index contributed by atoms with van der Waals surface area (Å²) in [6.45, 7) is 11.0. The Balaban J connectivity index is 0.855. The van der Waals surface area contributed by atoms with E-state index < -0.39 is 0 Å². The number of benzene rings is 2. The second kappa shape index (κ2) is 24.2. The van der Waals surface area contributed by atoms with Crippen LogP contribution in [0.3, 0.4) is 0 Å². The van der Waals surface area contributed by atoms with E-state index in [1.807, 2.05) is 63.6 Å². The molecule has 0 fully saturated rings. The summed E-state index contributed by atoms with van der Waals surface area (Å²) in [5, 5.41) is 0. The third-order valence-electron chi connectivity index (χ3n) is 9.68. The fourth-order valence-electron chi connectivity index (χ4n) is 6.35. The van der Waals surface area contributed by atoms with Crippen LogP contribution in [0.25, 0.3) is 62.3 Å². The summed E-state index contributed by atoms with van der Waals surface area (Å²) in [5.41, 5.74) is 4.88. The predicted octanol–water partition coefficient (Wildman–Crippen LogP) is 14.5. The van der Waals surface area contributed by atoms with E-state index in [4.69, 9.17) is 23.7 Å². The summed E-state index contributed by atoms with van der Waals surface area (Å²) >= 11 is 9.31. The van der Waals surface area contributed by atoms with Crippen LogP contribution in [0.15, 0.2) is 109 Å². The molecule has 0 bridgehead atoms. The van der Waals surface area contributed by atoms with Crippen LogP contribution in [0.5, 0.6) is 0 Å². The normalized spacial score (nSPS) is 11.7. The van der Waals surface area contributed by atoms with Crippen molar-refractivity contribution in [3.63, 3.8) is 0 Å². The van der Waals surface area contributed by atoms with Gasteiger partial charge in [0, 0.05) is 74.8 Å². The third kappa shape index (κ3) is 13.5. The average Bonchev–Trinajstić information content (AvgIpc) is 4.14. The van der Waals surface area contributed by atoms with E-state index in [1.165, 1.54) is 71.0 Å². The summed E-state index contributed by atoms with van der Waals surface area (Å²) in [6, 6.07) is 40.2. The molecule has 0 N–H and O–H groups in total. The maximum Gasteiger partial charge on any atom is 0.0701 e. The largest absolute Gasteiger partial charge is 0.379 e. The second-order valence-corrected chi connectivity index (χ2v) is 19.7. The van der Waals surface area contributed by atoms with E-state index in [0.717, 1.165) is 45.5 Å². The lowest BCUT2D eigenvalue weighted by Gasteiger charge is -2.05. The highest BCUT2D eigenvalue weighted by atomic mass is 32.1. The van der Waals surface area contributed by atoms with Crippen molar-refractivity contribution in [3.8, 4) is 50.1 Å². The monoisotopic (exact) mass is 894 g/mol. The van der Waals surface area contributed by atoms with Crippen LogP contribution < -0.4 is 0 Å². The van der Waals surface area contributed by atoms with Gasteiger partial charge in [-0.25, -0.2) is 0 Å². The first-order chi connectivity index (χ1) is 29.6. The molecule has 0 saturated heterocycles. The van der Waals surface area contributed by atoms with Gasteiger partial charge in [0.25, 0.3) is 0 Å². The summed E-state index contributed by atoms with van der Waals surface area (Å²) < 4.78 is 28.0. The van der Waals surface area contributed by atoms with E-state index in [9.17, 15) is 0 Å². The molecular formula is C50H54O5S5. The molecule has 0 aliphatic heterocycles. The Bertz CT molecular complexity index is 2310. The van der Waals surface area contributed by atoms with Gasteiger partial charge in [-0.2, -0.15) is 0 Å². The summed E-state index contributed by atoms with van der Waals surface area (Å²) in [5.74, 6) is 0. The lowest BCUT2D eigenvalue weighted by atomic mass is 10.1. The van der Waals surface area contributed by atoms with Gasteiger partial charge in [0.1, 0.15) is 0 Å². The van der Waals surface area contributed by atoms with Crippen LogP contribution in [-0.2, 0) is 36.5 Å². The highest BCUT2D eigenvalue weighted by Gasteiger charge is 2.13. The first-order valence-electron chi connectivity index (χ1n) is 20.9. The van der Waals surface area contributed by atoms with Gasteiger partial charge in [-0.05, 0) is 96.3 Å². The van der Waals surface area contributed by atoms with Gasteiger partial charge in [0.15, 0.2) is 0 Å². The minimum Gasteiger partial charge on any atom is -0.379 e. The lowest BCUT2D eigenvalue weighted by molar-refractivity contribution is 0.0176. The number of unbranched alkanes of at least 4 members (excludes halogenated alkanes) is 1. The van der Waals surface area contributed by atoms with Gasteiger partial charge in [0.2, 0.25) is 0 Å². The van der Waals surface area contributed by atoms with Crippen LogP contribution >= 0.6 is 56.7 Å². The molecule has 5 heterocycles. The van der Waals surface area contributed by atoms with Crippen LogP contribution in [0, 0.1) is 0 Å². The fourth-order valence-corrected chi connectivity index (χ4v) is 11.6. The molecule has 0 amide bonds. The summed E-state index contributed by atoms with van der Waals surface area (Å²) in [4.78, 5) is 13.1. The fraction of sp³-hybridized carbons (Fsp3) is 0.320. The van der Waals surface area contributed by atoms with Crippen LogP contribution in [0.1, 0.15) is 47.6 Å². The third-order valence-corrected chi connectivity index (χ3v) is 15.9. The molecule has 5 aromatic heterocycles. The van der Waals surface area contributed by atoms with E-state index >= 15 is 0 Å². The zero-order chi connectivity index (χ0) is 41.2. The van der Waals surface area contributed by atoms with Crippen molar-refractivity contribution in [2.45, 2.75) is 39.5 Å². The highest BCUT2D eigenvalue weighted by Crippen LogP contribution is 2.44. The Morgan fingerprint density at radius 2 is 0.700 bits per heavy atom. The molecule has 0 radical (unpaired) electrons. The Hall–Kier alpha value is -3.52. The number of rotatable bonds is 26. The number of thiophene rings is 5. The summed E-state index contributed by atoms with van der Waals surface area (Å²) in [7, 11) is 0. The Labute approximate surface area is 375 Å². The zero-order valence-electron chi connectivity index (χ0n) is 34.5. The molecule has 314 valence electrons. The molecule has 0 unspecified atom stereocenters. The second-order valence-electron chi connectivity index (χ2n) is 14.1. The topological polar surface area (TPSA) is 46.2 Å². The van der Waals surface area contributed by atoms with Crippen molar-refractivity contribution >= 4 is 68.8 Å². The molecule has 5 nitrogen and oxygen atoms in total. The predicted molar refractivity (Wildman–Crippen MR) is 260 cm³/mol. The average molecular weight is 895 g/mol. The van der Waals surface area contributed by atoms with Crippen molar-refractivity contribution in [1.29, 1.82) is 0 Å². The molecule has 7 aromatic rings. The number of hydrogen-bond donors (Lipinski definition) is 0. The minimum absolute atomic E-state index is 0.606. The highest BCUT2D eigenvalue weighted by molar-refractivity contribution is 7.29. The maximum absolute atomic E-state index is 5.78. The lowest BCUT2D eigenvalue weighted by Crippen LogP contribution is -2.10. The van der Waals surface area contributed by atoms with E-state index in [2.05, 4.69) is 128 Å². The quantitative estimate of drug-likeness (QED) is 0.0400. The van der Waals surface area contributed by atoms with Crippen molar-refractivity contribution < 1.29 is 23.7 Å². The van der Waals surface area contributed by atoms with Crippen molar-refractivity contribution in [2.75, 3.05) is 66.1 Å². The first-order valence-corrected chi connectivity index (χ1v) is 25.0.